The molecule has 37 heavy (non-hydrogen) atoms. The second-order valence-electron chi connectivity index (χ2n) is 8.57. The van der Waals surface area contributed by atoms with E-state index in [0.29, 0.717) is 18.4 Å². The zero-order valence-corrected chi connectivity index (χ0v) is 19.7. The lowest BCUT2D eigenvalue weighted by Gasteiger charge is -2.21. The molecule has 5 rings (SSSR count). The van der Waals surface area contributed by atoms with Gasteiger partial charge in [-0.05, 0) is 66.9 Å². The van der Waals surface area contributed by atoms with Crippen molar-refractivity contribution in [3.63, 3.8) is 0 Å². The minimum absolute atomic E-state index is 0.0633. The number of amides is 4. The summed E-state index contributed by atoms with van der Waals surface area (Å²) < 4.78 is 41.2. The van der Waals surface area contributed by atoms with Gasteiger partial charge in [0.25, 0.3) is 11.8 Å². The van der Waals surface area contributed by atoms with Crippen molar-refractivity contribution in [1.29, 1.82) is 0 Å². The Labute approximate surface area is 213 Å². The molecule has 2 aliphatic rings. The molecule has 0 radical (unpaired) electrons. The number of nitrogens with zero attached hydrogens (tertiary/aromatic N) is 3. The maximum absolute atomic E-state index is 13.3. The number of alkyl halides is 3. The summed E-state index contributed by atoms with van der Waals surface area (Å²) in [5, 5.41) is 2.95. The minimum Gasteiger partial charge on any atom is -0.406 e. The van der Waals surface area contributed by atoms with Crippen LogP contribution in [-0.4, -0.2) is 39.6 Å². The molecule has 1 aliphatic heterocycles. The number of ether oxygens (including phenoxy) is 1. The smallest absolute Gasteiger partial charge is 0.406 e. The molecule has 3 aromatic rings. The molecule has 0 bridgehead atoms. The lowest BCUT2D eigenvalue weighted by molar-refractivity contribution is -0.274. The lowest BCUT2D eigenvalue weighted by Crippen LogP contribution is -2.36. The van der Waals surface area contributed by atoms with E-state index >= 15 is 0 Å². The molecule has 1 aromatic heterocycles. The standard InChI is InChI=1S/C25H18ClF3N4O4/c26-19-4-2-1-3-18(19)21(34)31-20-13-15(9-12-30-20)14-32-23(36)33(22(35)24(32)10-11-24)16-5-7-17(8-6-16)37-25(27,28)29/h1-9,12-13H,10-11,14H2,(H,30,31,34). The SMILES string of the molecule is O=C(Nc1cc(CN2C(=O)N(c3ccc(OC(F)(F)F)cc3)C(=O)C23CC3)ccn1)c1ccccc1Cl. The van der Waals surface area contributed by atoms with Gasteiger partial charge in [-0.2, -0.15) is 0 Å². The van der Waals surface area contributed by atoms with Crippen LogP contribution < -0.4 is 15.0 Å². The molecule has 4 amide bonds. The number of urea groups is 1. The van der Waals surface area contributed by atoms with E-state index in [2.05, 4.69) is 15.0 Å². The van der Waals surface area contributed by atoms with Crippen LogP contribution >= 0.6 is 11.6 Å². The maximum Gasteiger partial charge on any atom is 0.573 e. The van der Waals surface area contributed by atoms with E-state index in [1.807, 2.05) is 0 Å². The number of carbonyl (C=O) groups is 3. The highest BCUT2D eigenvalue weighted by molar-refractivity contribution is 6.34. The summed E-state index contributed by atoms with van der Waals surface area (Å²) in [5.41, 5.74) is 0.0203. The second-order valence-corrected chi connectivity index (χ2v) is 8.97. The Morgan fingerprint density at radius 3 is 2.43 bits per heavy atom. The Balaban J connectivity index is 1.33. The van der Waals surface area contributed by atoms with E-state index in [1.54, 1.807) is 36.4 Å². The third kappa shape index (κ3) is 4.82. The highest BCUT2D eigenvalue weighted by Gasteiger charge is 2.65. The Bertz CT molecular complexity index is 1390. The topological polar surface area (TPSA) is 91.8 Å². The van der Waals surface area contributed by atoms with E-state index in [9.17, 15) is 27.6 Å². The Hall–Kier alpha value is -4.12. The molecular weight excluding hydrogens is 513 g/mol. The van der Waals surface area contributed by atoms with Crippen molar-refractivity contribution in [1.82, 2.24) is 9.88 Å². The predicted octanol–water partition coefficient (Wildman–Crippen LogP) is 5.39. The summed E-state index contributed by atoms with van der Waals surface area (Å²) in [4.78, 5) is 45.6. The number of halogens is 4. The van der Waals surface area contributed by atoms with Crippen LogP contribution in [0.25, 0.3) is 0 Å². The van der Waals surface area contributed by atoms with Crippen LogP contribution in [0.15, 0.2) is 66.9 Å². The molecule has 1 aliphatic carbocycles. The van der Waals surface area contributed by atoms with Crippen molar-refractivity contribution in [2.45, 2.75) is 31.3 Å². The van der Waals surface area contributed by atoms with Crippen LogP contribution in [0.1, 0.15) is 28.8 Å². The molecule has 190 valence electrons. The number of benzene rings is 2. The van der Waals surface area contributed by atoms with Crippen LogP contribution in [0.5, 0.6) is 5.75 Å². The van der Waals surface area contributed by atoms with Gasteiger partial charge in [-0.15, -0.1) is 13.2 Å². The van der Waals surface area contributed by atoms with Gasteiger partial charge in [0.1, 0.15) is 17.1 Å². The van der Waals surface area contributed by atoms with Gasteiger partial charge in [-0.25, -0.2) is 14.7 Å². The van der Waals surface area contributed by atoms with E-state index < -0.39 is 35.5 Å². The highest BCUT2D eigenvalue weighted by Crippen LogP contribution is 2.49. The summed E-state index contributed by atoms with van der Waals surface area (Å²) in [7, 11) is 0. The molecule has 8 nitrogen and oxygen atoms in total. The van der Waals surface area contributed by atoms with Crippen LogP contribution in [0.2, 0.25) is 5.02 Å². The molecule has 2 heterocycles. The zero-order valence-electron chi connectivity index (χ0n) is 19.0. The normalized spacial score (nSPS) is 16.3. The molecule has 12 heteroatoms. The summed E-state index contributed by atoms with van der Waals surface area (Å²) in [6, 6.07) is 13.7. The summed E-state index contributed by atoms with van der Waals surface area (Å²) in [5.74, 6) is -1.12. The van der Waals surface area contributed by atoms with Crippen molar-refractivity contribution in [2.75, 3.05) is 10.2 Å². The quantitative estimate of drug-likeness (QED) is 0.432. The summed E-state index contributed by atoms with van der Waals surface area (Å²) >= 11 is 6.08. The fourth-order valence-corrected chi connectivity index (χ4v) is 4.43. The number of aromatic nitrogens is 1. The first-order valence-electron chi connectivity index (χ1n) is 11.1. The van der Waals surface area contributed by atoms with Crippen molar-refractivity contribution in [3.05, 3.63) is 83.0 Å². The van der Waals surface area contributed by atoms with E-state index in [1.165, 1.54) is 23.2 Å². The number of hydrogen-bond donors (Lipinski definition) is 1. The molecule has 1 saturated carbocycles. The molecule has 2 fully saturated rings. The third-order valence-electron chi connectivity index (χ3n) is 6.12. The predicted molar refractivity (Wildman–Crippen MR) is 127 cm³/mol. The van der Waals surface area contributed by atoms with E-state index in [0.717, 1.165) is 17.0 Å². The van der Waals surface area contributed by atoms with Crippen molar-refractivity contribution >= 4 is 41.0 Å². The monoisotopic (exact) mass is 530 g/mol. The third-order valence-corrected chi connectivity index (χ3v) is 6.45. The number of carbonyl (C=O) groups excluding carboxylic acids is 3. The number of hydrogen-bond acceptors (Lipinski definition) is 5. The van der Waals surface area contributed by atoms with Crippen molar-refractivity contribution < 1.29 is 32.3 Å². The largest absolute Gasteiger partial charge is 0.573 e. The molecule has 0 unspecified atom stereocenters. The summed E-state index contributed by atoms with van der Waals surface area (Å²) in [6.07, 6.45) is -2.46. The first-order valence-corrected chi connectivity index (χ1v) is 11.5. The number of rotatable bonds is 6. The molecular formula is C25H18ClF3N4O4. The Morgan fingerprint density at radius 2 is 1.78 bits per heavy atom. The number of nitrogens with one attached hydrogen (secondary N) is 1. The van der Waals surface area contributed by atoms with Crippen molar-refractivity contribution in [2.24, 2.45) is 0 Å². The zero-order chi connectivity index (χ0) is 26.4. The molecule has 1 spiro atoms. The van der Waals surface area contributed by atoms with Crippen LogP contribution in [0, 0.1) is 0 Å². The van der Waals surface area contributed by atoms with Gasteiger partial charge in [-0.3, -0.25) is 9.59 Å². The number of anilines is 2. The van der Waals surface area contributed by atoms with Crippen LogP contribution in [0.3, 0.4) is 0 Å². The van der Waals surface area contributed by atoms with Gasteiger partial charge in [0.2, 0.25) is 0 Å². The second kappa shape index (κ2) is 9.07. The minimum atomic E-state index is -4.86. The lowest BCUT2D eigenvalue weighted by atomic mass is 10.2. The molecule has 1 N–H and O–H groups in total. The summed E-state index contributed by atoms with van der Waals surface area (Å²) in [6.45, 7) is 0.0633. The molecule has 0 atom stereocenters. The first-order chi connectivity index (χ1) is 17.6. The van der Waals surface area contributed by atoms with Gasteiger partial charge in [0.05, 0.1) is 16.3 Å². The molecule has 1 saturated heterocycles. The average molecular weight is 531 g/mol. The number of imide groups is 1. The van der Waals surface area contributed by atoms with Gasteiger partial charge in [0.15, 0.2) is 0 Å². The van der Waals surface area contributed by atoms with Gasteiger partial charge < -0.3 is 15.0 Å². The van der Waals surface area contributed by atoms with Crippen molar-refractivity contribution in [3.8, 4) is 5.75 Å². The van der Waals surface area contributed by atoms with Gasteiger partial charge in [-0.1, -0.05) is 23.7 Å². The van der Waals surface area contributed by atoms with Gasteiger partial charge in [0, 0.05) is 12.7 Å². The van der Waals surface area contributed by atoms with E-state index in [4.69, 9.17) is 11.6 Å². The maximum atomic E-state index is 13.3. The molecule has 2 aromatic carbocycles. The van der Waals surface area contributed by atoms with Crippen LogP contribution in [-0.2, 0) is 11.3 Å². The van der Waals surface area contributed by atoms with Gasteiger partial charge >= 0.3 is 12.4 Å². The Kier molecular flexibility index (Phi) is 6.03. The number of pyridine rings is 1. The fraction of sp³-hybridized carbons (Fsp3) is 0.200. The average Bonchev–Trinajstić information content (AvgIpc) is 3.62. The first kappa shape index (κ1) is 24.6. The Morgan fingerprint density at radius 1 is 1.08 bits per heavy atom. The highest BCUT2D eigenvalue weighted by atomic mass is 35.5. The van der Waals surface area contributed by atoms with Crippen LogP contribution in [0.4, 0.5) is 29.5 Å². The van der Waals surface area contributed by atoms with E-state index in [-0.39, 0.29) is 28.6 Å². The fourth-order valence-electron chi connectivity index (χ4n) is 4.21.